The standard InChI is InChI=1S/C24H18O2/c25-24-21(16-18-10-4-1-5-11-18)17-22(19-12-6-2-7-13-19)23(26-24)20-14-8-3-9-15-20/h1-15,17H,16H2. The molecule has 2 nitrogen and oxygen atoms in total. The van der Waals surface area contributed by atoms with E-state index < -0.39 is 0 Å². The van der Waals surface area contributed by atoms with Crippen LogP contribution < -0.4 is 5.63 Å². The van der Waals surface area contributed by atoms with Gasteiger partial charge in [0.2, 0.25) is 0 Å². The predicted octanol–water partition coefficient (Wildman–Crippen LogP) is 5.56. The summed E-state index contributed by atoms with van der Waals surface area (Å²) in [5.41, 5.74) is 4.33. The highest BCUT2D eigenvalue weighted by Crippen LogP contribution is 2.32. The van der Waals surface area contributed by atoms with Gasteiger partial charge in [0.15, 0.2) is 0 Å². The SMILES string of the molecule is O=c1oc(-c2ccccc2)c(-c2ccccc2)cc1Cc1ccccc1. The molecule has 26 heavy (non-hydrogen) atoms. The highest BCUT2D eigenvalue weighted by molar-refractivity contribution is 5.79. The molecule has 0 atom stereocenters. The van der Waals surface area contributed by atoms with Gasteiger partial charge in [0.1, 0.15) is 5.76 Å². The number of hydrogen-bond acceptors (Lipinski definition) is 2. The first-order valence-corrected chi connectivity index (χ1v) is 8.63. The molecule has 3 aromatic carbocycles. The third-order valence-electron chi connectivity index (χ3n) is 4.38. The average Bonchev–Trinajstić information content (AvgIpc) is 2.71. The monoisotopic (exact) mass is 338 g/mol. The molecule has 0 aliphatic heterocycles. The van der Waals surface area contributed by atoms with Crippen molar-refractivity contribution in [2.24, 2.45) is 0 Å². The Kier molecular flexibility index (Phi) is 4.48. The van der Waals surface area contributed by atoms with E-state index >= 15 is 0 Å². The average molecular weight is 338 g/mol. The summed E-state index contributed by atoms with van der Waals surface area (Å²) in [5, 5.41) is 0. The van der Waals surface area contributed by atoms with Crippen LogP contribution in [0.5, 0.6) is 0 Å². The van der Waals surface area contributed by atoms with E-state index in [0.29, 0.717) is 17.7 Å². The topological polar surface area (TPSA) is 30.2 Å². The number of rotatable bonds is 4. The minimum absolute atomic E-state index is 0.285. The Hall–Kier alpha value is -3.39. The van der Waals surface area contributed by atoms with Gasteiger partial charge in [-0.15, -0.1) is 0 Å². The minimum Gasteiger partial charge on any atom is -0.422 e. The molecular formula is C24H18O2. The highest BCUT2D eigenvalue weighted by Gasteiger charge is 2.15. The summed E-state index contributed by atoms with van der Waals surface area (Å²) in [6.07, 6.45) is 0.554. The normalized spacial score (nSPS) is 10.6. The maximum atomic E-state index is 12.6. The second-order valence-corrected chi connectivity index (χ2v) is 6.20. The van der Waals surface area contributed by atoms with Gasteiger partial charge in [0.05, 0.1) is 0 Å². The van der Waals surface area contributed by atoms with E-state index in [4.69, 9.17) is 4.42 Å². The molecule has 0 aliphatic rings. The van der Waals surface area contributed by atoms with Crippen molar-refractivity contribution in [3.63, 3.8) is 0 Å². The molecule has 0 N–H and O–H groups in total. The molecule has 2 heteroatoms. The van der Waals surface area contributed by atoms with E-state index in [-0.39, 0.29) is 5.63 Å². The molecule has 0 radical (unpaired) electrons. The fourth-order valence-electron chi connectivity index (χ4n) is 3.09. The summed E-state index contributed by atoms with van der Waals surface area (Å²) >= 11 is 0. The Morgan fingerprint density at radius 2 is 1.19 bits per heavy atom. The lowest BCUT2D eigenvalue weighted by atomic mass is 9.97. The number of hydrogen-bond donors (Lipinski definition) is 0. The van der Waals surface area contributed by atoms with E-state index in [1.54, 1.807) is 0 Å². The molecule has 0 bridgehead atoms. The van der Waals surface area contributed by atoms with E-state index in [9.17, 15) is 4.79 Å². The van der Waals surface area contributed by atoms with Crippen LogP contribution in [0.25, 0.3) is 22.5 Å². The molecule has 126 valence electrons. The third kappa shape index (κ3) is 3.35. The van der Waals surface area contributed by atoms with Gasteiger partial charge in [-0.1, -0.05) is 91.0 Å². The molecule has 0 unspecified atom stereocenters. The molecule has 0 spiro atoms. The molecule has 0 saturated heterocycles. The molecule has 0 fully saturated rings. The summed E-state index contributed by atoms with van der Waals surface area (Å²) in [4.78, 5) is 12.6. The van der Waals surface area contributed by atoms with Crippen LogP contribution in [0.15, 0.2) is 106 Å². The number of benzene rings is 3. The smallest absolute Gasteiger partial charge is 0.339 e. The molecular weight excluding hydrogens is 320 g/mol. The summed E-state index contributed by atoms with van der Waals surface area (Å²) in [6, 6.07) is 31.7. The van der Waals surface area contributed by atoms with Crippen molar-refractivity contribution in [1.82, 2.24) is 0 Å². The quantitative estimate of drug-likeness (QED) is 0.487. The van der Waals surface area contributed by atoms with Gasteiger partial charge in [0.25, 0.3) is 0 Å². The maximum Gasteiger partial charge on any atom is 0.339 e. The molecule has 4 aromatic rings. The lowest BCUT2D eigenvalue weighted by Crippen LogP contribution is -2.09. The Labute approximate surface area is 152 Å². The highest BCUT2D eigenvalue weighted by atomic mass is 16.4. The molecule has 0 aliphatic carbocycles. The van der Waals surface area contributed by atoms with Gasteiger partial charge in [-0.2, -0.15) is 0 Å². The van der Waals surface area contributed by atoms with E-state index in [0.717, 1.165) is 22.3 Å². The van der Waals surface area contributed by atoms with E-state index in [1.165, 1.54) is 0 Å². The van der Waals surface area contributed by atoms with Crippen LogP contribution in [0.3, 0.4) is 0 Å². The van der Waals surface area contributed by atoms with Crippen LogP contribution in [0, 0.1) is 0 Å². The first kappa shape index (κ1) is 16.1. The van der Waals surface area contributed by atoms with Crippen molar-refractivity contribution in [3.8, 4) is 22.5 Å². The van der Waals surface area contributed by atoms with Gasteiger partial charge >= 0.3 is 5.63 Å². The van der Waals surface area contributed by atoms with Crippen molar-refractivity contribution < 1.29 is 4.42 Å². The fraction of sp³-hybridized carbons (Fsp3) is 0.0417. The van der Waals surface area contributed by atoms with Crippen molar-refractivity contribution in [1.29, 1.82) is 0 Å². The molecule has 1 aromatic heterocycles. The van der Waals surface area contributed by atoms with Gasteiger partial charge in [-0.25, -0.2) is 4.79 Å². The van der Waals surface area contributed by atoms with Crippen LogP contribution in [-0.4, -0.2) is 0 Å². The first-order valence-electron chi connectivity index (χ1n) is 8.63. The van der Waals surface area contributed by atoms with Gasteiger partial charge in [-0.3, -0.25) is 0 Å². The van der Waals surface area contributed by atoms with Gasteiger partial charge in [-0.05, 0) is 17.2 Å². The largest absolute Gasteiger partial charge is 0.422 e. The zero-order valence-corrected chi connectivity index (χ0v) is 14.3. The van der Waals surface area contributed by atoms with Crippen molar-refractivity contribution in [3.05, 3.63) is 119 Å². The van der Waals surface area contributed by atoms with E-state index in [2.05, 4.69) is 0 Å². The molecule has 4 rings (SSSR count). The summed E-state index contributed by atoms with van der Waals surface area (Å²) in [5.74, 6) is 0.610. The van der Waals surface area contributed by atoms with Crippen LogP contribution in [-0.2, 0) is 6.42 Å². The zero-order valence-electron chi connectivity index (χ0n) is 14.3. The van der Waals surface area contributed by atoms with Gasteiger partial charge < -0.3 is 4.42 Å². The van der Waals surface area contributed by atoms with Crippen molar-refractivity contribution >= 4 is 0 Å². The molecule has 1 heterocycles. The first-order chi connectivity index (χ1) is 12.8. The summed E-state index contributed by atoms with van der Waals surface area (Å²) < 4.78 is 5.80. The summed E-state index contributed by atoms with van der Waals surface area (Å²) in [6.45, 7) is 0. The lowest BCUT2D eigenvalue weighted by molar-refractivity contribution is 0.520. The zero-order chi connectivity index (χ0) is 17.8. The lowest BCUT2D eigenvalue weighted by Gasteiger charge is -2.11. The van der Waals surface area contributed by atoms with E-state index in [1.807, 2.05) is 97.1 Å². The maximum absolute atomic E-state index is 12.6. The predicted molar refractivity (Wildman–Crippen MR) is 105 cm³/mol. The van der Waals surface area contributed by atoms with Crippen LogP contribution >= 0.6 is 0 Å². The van der Waals surface area contributed by atoms with Gasteiger partial charge in [0, 0.05) is 23.1 Å². The van der Waals surface area contributed by atoms with Crippen molar-refractivity contribution in [2.45, 2.75) is 6.42 Å². The minimum atomic E-state index is -0.285. The Morgan fingerprint density at radius 1 is 0.654 bits per heavy atom. The van der Waals surface area contributed by atoms with Crippen molar-refractivity contribution in [2.75, 3.05) is 0 Å². The second kappa shape index (κ2) is 7.24. The second-order valence-electron chi connectivity index (χ2n) is 6.20. The van der Waals surface area contributed by atoms with Crippen LogP contribution in [0.1, 0.15) is 11.1 Å². The Balaban J connectivity index is 1.88. The Morgan fingerprint density at radius 3 is 1.81 bits per heavy atom. The third-order valence-corrected chi connectivity index (χ3v) is 4.38. The summed E-state index contributed by atoms with van der Waals surface area (Å²) in [7, 11) is 0. The van der Waals surface area contributed by atoms with Crippen LogP contribution in [0.2, 0.25) is 0 Å². The molecule has 0 amide bonds. The fourth-order valence-corrected chi connectivity index (χ4v) is 3.09. The Bertz CT molecular complexity index is 1050. The molecule has 0 saturated carbocycles. The van der Waals surface area contributed by atoms with Crippen LogP contribution in [0.4, 0.5) is 0 Å².